The van der Waals surface area contributed by atoms with Gasteiger partial charge in [0.25, 0.3) is 0 Å². The first kappa shape index (κ1) is 16.7. The van der Waals surface area contributed by atoms with Gasteiger partial charge in [-0.1, -0.05) is 30.3 Å². The Labute approximate surface area is 135 Å². The summed E-state index contributed by atoms with van der Waals surface area (Å²) < 4.78 is 13.2. The van der Waals surface area contributed by atoms with Gasteiger partial charge >= 0.3 is 5.97 Å². The predicted molar refractivity (Wildman–Crippen MR) is 90.4 cm³/mol. The fourth-order valence-electron chi connectivity index (χ4n) is 2.36. The molecule has 0 aromatic heterocycles. The first-order valence-corrected chi connectivity index (χ1v) is 7.33. The smallest absolute Gasteiger partial charge is 0.330 e. The van der Waals surface area contributed by atoms with Gasteiger partial charge in [-0.25, -0.2) is 9.18 Å². The van der Waals surface area contributed by atoms with Crippen molar-refractivity contribution in [3.05, 3.63) is 77.1 Å². The SMILES string of the molecule is CC(=CC(c1ccc(F)cc1)c1ccc(N(C)C)cc1)C(=O)O. The highest BCUT2D eigenvalue weighted by Gasteiger charge is 2.14. The van der Waals surface area contributed by atoms with E-state index in [4.69, 9.17) is 5.11 Å². The van der Waals surface area contributed by atoms with Crippen molar-refractivity contribution in [2.45, 2.75) is 12.8 Å². The summed E-state index contributed by atoms with van der Waals surface area (Å²) in [6, 6.07) is 14.0. The van der Waals surface area contributed by atoms with Gasteiger partial charge in [-0.2, -0.15) is 0 Å². The Balaban J connectivity index is 2.46. The highest BCUT2D eigenvalue weighted by atomic mass is 19.1. The largest absolute Gasteiger partial charge is 0.478 e. The Morgan fingerprint density at radius 3 is 1.96 bits per heavy atom. The minimum atomic E-state index is -0.956. The lowest BCUT2D eigenvalue weighted by molar-refractivity contribution is -0.132. The van der Waals surface area contributed by atoms with Crippen LogP contribution in [0.5, 0.6) is 0 Å². The van der Waals surface area contributed by atoms with Crippen LogP contribution in [0, 0.1) is 5.82 Å². The molecule has 0 spiro atoms. The molecule has 4 heteroatoms. The van der Waals surface area contributed by atoms with Crippen LogP contribution in [-0.2, 0) is 4.79 Å². The van der Waals surface area contributed by atoms with Gasteiger partial charge in [0.15, 0.2) is 0 Å². The molecule has 1 unspecified atom stereocenters. The second-order valence-electron chi connectivity index (χ2n) is 5.67. The summed E-state index contributed by atoms with van der Waals surface area (Å²) in [5.74, 6) is -1.50. The number of benzene rings is 2. The molecule has 0 saturated heterocycles. The molecule has 0 saturated carbocycles. The maximum Gasteiger partial charge on any atom is 0.330 e. The Hall–Kier alpha value is -2.62. The normalized spacial score (nSPS) is 12.8. The number of rotatable bonds is 5. The van der Waals surface area contributed by atoms with Crippen molar-refractivity contribution in [3.63, 3.8) is 0 Å². The molecule has 0 aliphatic rings. The molecule has 0 bridgehead atoms. The second-order valence-corrected chi connectivity index (χ2v) is 5.67. The number of carboxylic acid groups (broad SMARTS) is 1. The molecule has 2 aromatic carbocycles. The zero-order valence-electron chi connectivity index (χ0n) is 13.5. The van der Waals surface area contributed by atoms with Crippen LogP contribution in [0.3, 0.4) is 0 Å². The van der Waals surface area contributed by atoms with E-state index in [2.05, 4.69) is 0 Å². The molecule has 23 heavy (non-hydrogen) atoms. The number of anilines is 1. The average Bonchev–Trinajstić information content (AvgIpc) is 2.53. The minimum absolute atomic E-state index is 0.233. The second kappa shape index (κ2) is 7.09. The number of hydrogen-bond donors (Lipinski definition) is 1. The van der Waals surface area contributed by atoms with Crippen molar-refractivity contribution in [1.82, 2.24) is 0 Å². The van der Waals surface area contributed by atoms with Crippen molar-refractivity contribution in [2.24, 2.45) is 0 Å². The molecule has 0 amide bonds. The van der Waals surface area contributed by atoms with E-state index in [9.17, 15) is 9.18 Å². The highest BCUT2D eigenvalue weighted by molar-refractivity contribution is 5.86. The van der Waals surface area contributed by atoms with Crippen LogP contribution >= 0.6 is 0 Å². The summed E-state index contributed by atoms with van der Waals surface area (Å²) in [6.45, 7) is 1.56. The Kier molecular flexibility index (Phi) is 5.16. The lowest BCUT2D eigenvalue weighted by Gasteiger charge is -2.17. The van der Waals surface area contributed by atoms with E-state index in [0.717, 1.165) is 16.8 Å². The van der Waals surface area contributed by atoms with Crippen LogP contribution < -0.4 is 4.90 Å². The number of carbonyl (C=O) groups is 1. The van der Waals surface area contributed by atoms with E-state index in [0.29, 0.717) is 0 Å². The number of carboxylic acids is 1. The third kappa shape index (κ3) is 4.19. The topological polar surface area (TPSA) is 40.5 Å². The molecule has 1 N–H and O–H groups in total. The predicted octanol–water partition coefficient (Wildman–Crippen LogP) is 4.05. The van der Waals surface area contributed by atoms with Gasteiger partial charge in [0, 0.05) is 31.3 Å². The average molecular weight is 313 g/mol. The fourth-order valence-corrected chi connectivity index (χ4v) is 2.36. The maximum absolute atomic E-state index is 13.2. The van der Waals surface area contributed by atoms with Crippen LogP contribution in [0.15, 0.2) is 60.2 Å². The molecule has 2 aromatic rings. The van der Waals surface area contributed by atoms with Crippen LogP contribution in [0.2, 0.25) is 0 Å². The van der Waals surface area contributed by atoms with Gasteiger partial charge in [0.2, 0.25) is 0 Å². The lowest BCUT2D eigenvalue weighted by Crippen LogP contribution is -2.09. The maximum atomic E-state index is 13.2. The third-order valence-corrected chi connectivity index (χ3v) is 3.75. The molecular formula is C19H20FNO2. The van der Waals surface area contributed by atoms with Crippen LogP contribution in [-0.4, -0.2) is 25.2 Å². The number of halogens is 1. The molecule has 0 radical (unpaired) electrons. The molecule has 0 aliphatic carbocycles. The van der Waals surface area contributed by atoms with E-state index in [1.165, 1.54) is 12.1 Å². The van der Waals surface area contributed by atoms with Crippen molar-refractivity contribution in [3.8, 4) is 0 Å². The van der Waals surface area contributed by atoms with E-state index in [1.807, 2.05) is 43.3 Å². The monoisotopic (exact) mass is 313 g/mol. The molecule has 3 nitrogen and oxygen atoms in total. The summed E-state index contributed by atoms with van der Waals surface area (Å²) in [4.78, 5) is 13.2. The van der Waals surface area contributed by atoms with E-state index in [-0.39, 0.29) is 17.3 Å². The number of nitrogens with zero attached hydrogens (tertiary/aromatic N) is 1. The first-order chi connectivity index (χ1) is 10.9. The summed E-state index contributed by atoms with van der Waals surface area (Å²) >= 11 is 0. The number of aliphatic carboxylic acids is 1. The summed E-state index contributed by atoms with van der Waals surface area (Å²) in [7, 11) is 3.92. The summed E-state index contributed by atoms with van der Waals surface area (Å²) in [5, 5.41) is 9.15. The van der Waals surface area contributed by atoms with Crippen molar-refractivity contribution < 1.29 is 14.3 Å². The molecule has 0 aliphatic heterocycles. The van der Waals surface area contributed by atoms with Gasteiger partial charge < -0.3 is 10.0 Å². The van der Waals surface area contributed by atoms with Crippen LogP contribution in [0.1, 0.15) is 24.0 Å². The van der Waals surface area contributed by atoms with Gasteiger partial charge in [0.05, 0.1) is 0 Å². The highest BCUT2D eigenvalue weighted by Crippen LogP contribution is 2.29. The van der Waals surface area contributed by atoms with Crippen molar-refractivity contribution in [1.29, 1.82) is 0 Å². The minimum Gasteiger partial charge on any atom is -0.478 e. The van der Waals surface area contributed by atoms with E-state index < -0.39 is 5.97 Å². The van der Waals surface area contributed by atoms with Gasteiger partial charge in [0.1, 0.15) is 5.82 Å². The van der Waals surface area contributed by atoms with Gasteiger partial charge in [-0.15, -0.1) is 0 Å². The summed E-state index contributed by atoms with van der Waals surface area (Å²) in [5.41, 5.74) is 3.13. The molecular weight excluding hydrogens is 293 g/mol. The zero-order chi connectivity index (χ0) is 17.0. The molecule has 0 fully saturated rings. The third-order valence-electron chi connectivity index (χ3n) is 3.75. The number of allylic oxidation sites excluding steroid dienone is 1. The zero-order valence-corrected chi connectivity index (χ0v) is 13.5. The Morgan fingerprint density at radius 1 is 1.04 bits per heavy atom. The molecule has 0 heterocycles. The summed E-state index contributed by atoms with van der Waals surface area (Å²) in [6.07, 6.45) is 1.69. The Morgan fingerprint density at radius 2 is 1.52 bits per heavy atom. The van der Waals surface area contributed by atoms with Crippen LogP contribution in [0.25, 0.3) is 0 Å². The molecule has 1 atom stereocenters. The standard InChI is InChI=1S/C19H20FNO2/c1-13(19(22)23)12-18(14-4-8-16(20)9-5-14)15-6-10-17(11-7-15)21(2)3/h4-12,18H,1-3H3,(H,22,23). The van der Waals surface area contributed by atoms with Crippen molar-refractivity contribution >= 4 is 11.7 Å². The molecule has 2 rings (SSSR count). The number of hydrogen-bond acceptors (Lipinski definition) is 2. The van der Waals surface area contributed by atoms with Gasteiger partial charge in [-0.3, -0.25) is 0 Å². The van der Waals surface area contributed by atoms with Gasteiger partial charge in [-0.05, 0) is 42.3 Å². The van der Waals surface area contributed by atoms with E-state index in [1.54, 1.807) is 25.1 Å². The first-order valence-electron chi connectivity index (χ1n) is 7.33. The van der Waals surface area contributed by atoms with E-state index >= 15 is 0 Å². The Bertz CT molecular complexity index is 703. The quantitative estimate of drug-likeness (QED) is 0.846. The molecule has 120 valence electrons. The lowest BCUT2D eigenvalue weighted by atomic mass is 9.89. The fraction of sp³-hybridized carbons (Fsp3) is 0.211. The van der Waals surface area contributed by atoms with Crippen LogP contribution in [0.4, 0.5) is 10.1 Å². The van der Waals surface area contributed by atoms with Crippen molar-refractivity contribution in [2.75, 3.05) is 19.0 Å².